The molecule has 1 amide bonds. The van der Waals surface area contributed by atoms with Crippen molar-refractivity contribution in [3.05, 3.63) is 30.5 Å². The monoisotopic (exact) mass is 474 g/mol. The lowest BCUT2D eigenvalue weighted by Gasteiger charge is -2.38. The molecule has 0 saturated carbocycles. The number of carbonyl (C=O) groups is 1. The standard InChI is InChI=1S/C25H42N4O3Si/c1-24(2,3)29(23(30)31)15-11-12-18(17-32-33(7,8)25(4,5)6)28-22-19-13-9-10-14-21(19)27-16-20(22)26/h9-10,13-14,16,18H,11-12,15,17,26H2,1-8H3,(H,27,28)(H,30,31)/t18-/m0/s1. The van der Waals surface area contributed by atoms with Crippen LogP contribution in [0, 0.1) is 0 Å². The van der Waals surface area contributed by atoms with Crippen LogP contribution in [0.15, 0.2) is 30.5 Å². The van der Waals surface area contributed by atoms with Crippen LogP contribution in [0.3, 0.4) is 0 Å². The number of nitrogens with two attached hydrogens (primary N) is 1. The molecule has 0 unspecified atom stereocenters. The fourth-order valence-corrected chi connectivity index (χ4v) is 4.51. The van der Waals surface area contributed by atoms with Gasteiger partial charge in [-0.05, 0) is 57.8 Å². The fraction of sp³-hybridized carbons (Fsp3) is 0.600. The minimum Gasteiger partial charge on any atom is -0.465 e. The number of hydrogen-bond acceptors (Lipinski definition) is 5. The summed E-state index contributed by atoms with van der Waals surface area (Å²) in [5, 5.41) is 14.3. The fourth-order valence-electron chi connectivity index (χ4n) is 3.46. The molecule has 1 atom stereocenters. The Morgan fingerprint density at radius 3 is 2.42 bits per heavy atom. The summed E-state index contributed by atoms with van der Waals surface area (Å²) in [6, 6.07) is 7.90. The Hall–Kier alpha value is -2.32. The smallest absolute Gasteiger partial charge is 0.407 e. The molecule has 1 heterocycles. The number of anilines is 2. The molecule has 0 fully saturated rings. The van der Waals surface area contributed by atoms with E-state index in [1.165, 1.54) is 4.90 Å². The van der Waals surface area contributed by atoms with Gasteiger partial charge in [-0.3, -0.25) is 4.98 Å². The van der Waals surface area contributed by atoms with Crippen LogP contribution < -0.4 is 11.1 Å². The molecular weight excluding hydrogens is 432 g/mol. The van der Waals surface area contributed by atoms with E-state index in [4.69, 9.17) is 10.2 Å². The lowest BCUT2D eigenvalue weighted by Crippen LogP contribution is -2.46. The number of amides is 1. The summed E-state index contributed by atoms with van der Waals surface area (Å²) in [4.78, 5) is 17.7. The van der Waals surface area contributed by atoms with Gasteiger partial charge in [0.2, 0.25) is 0 Å². The van der Waals surface area contributed by atoms with E-state index in [-0.39, 0.29) is 11.1 Å². The number of pyridine rings is 1. The second kappa shape index (κ2) is 10.3. The Labute approximate surface area is 199 Å². The van der Waals surface area contributed by atoms with Gasteiger partial charge >= 0.3 is 6.09 Å². The number of aromatic nitrogens is 1. The maximum Gasteiger partial charge on any atom is 0.407 e. The number of hydrogen-bond donors (Lipinski definition) is 3. The molecule has 1 aromatic heterocycles. The molecule has 2 aromatic rings. The summed E-state index contributed by atoms with van der Waals surface area (Å²) < 4.78 is 6.54. The molecule has 0 aliphatic carbocycles. The van der Waals surface area contributed by atoms with Gasteiger partial charge in [-0.1, -0.05) is 39.0 Å². The zero-order valence-corrected chi connectivity index (χ0v) is 22.5. The first-order valence-electron chi connectivity index (χ1n) is 11.7. The molecule has 0 saturated heterocycles. The number of fused-ring (bicyclic) bond motifs is 1. The molecule has 7 nitrogen and oxygen atoms in total. The predicted octanol–water partition coefficient (Wildman–Crippen LogP) is 6.18. The summed E-state index contributed by atoms with van der Waals surface area (Å²) in [7, 11) is -1.95. The number of nitrogens with one attached hydrogen (secondary N) is 1. The van der Waals surface area contributed by atoms with Gasteiger partial charge in [-0.15, -0.1) is 0 Å². The third kappa shape index (κ3) is 7.08. The Kier molecular flexibility index (Phi) is 8.40. The zero-order chi connectivity index (χ0) is 25.0. The van der Waals surface area contributed by atoms with Crippen molar-refractivity contribution < 1.29 is 14.3 Å². The SMILES string of the molecule is CC(C)(C)N(CCC[C@@H](CO[Si](C)(C)C(C)(C)C)Nc1c(N)cnc2ccccc12)C(=O)O. The van der Waals surface area contributed by atoms with Crippen molar-refractivity contribution in [2.75, 3.05) is 24.2 Å². The molecule has 0 radical (unpaired) electrons. The van der Waals surface area contributed by atoms with Gasteiger partial charge in [0.15, 0.2) is 8.32 Å². The first kappa shape index (κ1) is 26.9. The third-order valence-electron chi connectivity index (χ3n) is 6.58. The van der Waals surface area contributed by atoms with E-state index in [0.717, 1.165) is 23.0 Å². The first-order chi connectivity index (χ1) is 15.1. The summed E-state index contributed by atoms with van der Waals surface area (Å²) in [5.74, 6) is 0. The third-order valence-corrected chi connectivity index (χ3v) is 11.1. The highest BCUT2D eigenvalue weighted by Crippen LogP contribution is 2.37. The van der Waals surface area contributed by atoms with Crippen molar-refractivity contribution in [3.63, 3.8) is 0 Å². The Morgan fingerprint density at radius 2 is 1.85 bits per heavy atom. The Morgan fingerprint density at radius 1 is 1.21 bits per heavy atom. The molecule has 2 rings (SSSR count). The van der Waals surface area contributed by atoms with Gasteiger partial charge in [0, 0.05) is 23.5 Å². The number of nitrogen functional groups attached to an aromatic ring is 1. The van der Waals surface area contributed by atoms with Gasteiger partial charge in [-0.2, -0.15) is 0 Å². The zero-order valence-electron chi connectivity index (χ0n) is 21.5. The van der Waals surface area contributed by atoms with Crippen molar-refractivity contribution in [2.24, 2.45) is 0 Å². The van der Waals surface area contributed by atoms with Crippen molar-refractivity contribution >= 4 is 36.7 Å². The van der Waals surface area contributed by atoms with E-state index < -0.39 is 19.9 Å². The number of nitrogens with zero attached hydrogens (tertiary/aromatic N) is 2. The molecule has 0 spiro atoms. The van der Waals surface area contributed by atoms with Crippen LogP contribution in [0.5, 0.6) is 0 Å². The maximum atomic E-state index is 11.7. The number of rotatable bonds is 9. The van der Waals surface area contributed by atoms with Crippen LogP contribution in [0.1, 0.15) is 54.4 Å². The number of para-hydroxylation sites is 1. The van der Waals surface area contributed by atoms with Gasteiger partial charge in [0.1, 0.15) is 0 Å². The summed E-state index contributed by atoms with van der Waals surface area (Å²) in [5.41, 5.74) is 8.20. The van der Waals surface area contributed by atoms with E-state index >= 15 is 0 Å². The van der Waals surface area contributed by atoms with E-state index in [0.29, 0.717) is 25.3 Å². The maximum absolute atomic E-state index is 11.7. The molecule has 0 bridgehead atoms. The highest BCUT2D eigenvalue weighted by Gasteiger charge is 2.37. The van der Waals surface area contributed by atoms with Crippen LogP contribution >= 0.6 is 0 Å². The van der Waals surface area contributed by atoms with Gasteiger partial charge in [-0.25, -0.2) is 4.79 Å². The second-order valence-corrected chi connectivity index (χ2v) is 16.1. The topological polar surface area (TPSA) is 101 Å². The van der Waals surface area contributed by atoms with Crippen molar-refractivity contribution in [2.45, 2.75) is 84.1 Å². The number of benzene rings is 1. The molecule has 4 N–H and O–H groups in total. The summed E-state index contributed by atoms with van der Waals surface area (Å²) >= 11 is 0. The van der Waals surface area contributed by atoms with Crippen molar-refractivity contribution in [3.8, 4) is 0 Å². The molecule has 0 aliphatic rings. The normalized spacial score (nSPS) is 13.7. The second-order valence-electron chi connectivity index (χ2n) is 11.3. The Bertz CT molecular complexity index is 951. The van der Waals surface area contributed by atoms with E-state index in [9.17, 15) is 9.90 Å². The Balaban J connectivity index is 2.24. The average Bonchev–Trinajstić information content (AvgIpc) is 2.68. The van der Waals surface area contributed by atoms with Crippen LogP contribution in [-0.2, 0) is 4.43 Å². The largest absolute Gasteiger partial charge is 0.465 e. The quantitative estimate of drug-likeness (QED) is 0.375. The summed E-state index contributed by atoms with van der Waals surface area (Å²) in [6.45, 7) is 17.9. The van der Waals surface area contributed by atoms with Crippen molar-refractivity contribution in [1.29, 1.82) is 0 Å². The van der Waals surface area contributed by atoms with Crippen molar-refractivity contribution in [1.82, 2.24) is 9.88 Å². The van der Waals surface area contributed by atoms with Crippen LogP contribution in [-0.4, -0.2) is 54.1 Å². The lowest BCUT2D eigenvalue weighted by atomic mass is 10.0. The predicted molar refractivity (Wildman–Crippen MR) is 140 cm³/mol. The average molecular weight is 475 g/mol. The number of carboxylic acid groups (broad SMARTS) is 1. The molecular formula is C25H42N4O3Si. The van der Waals surface area contributed by atoms with E-state index in [2.05, 4.69) is 44.2 Å². The van der Waals surface area contributed by atoms with Crippen LogP contribution in [0.25, 0.3) is 10.9 Å². The minimum atomic E-state index is -1.95. The molecule has 1 aromatic carbocycles. The van der Waals surface area contributed by atoms with Gasteiger partial charge in [0.05, 0.1) is 29.7 Å². The first-order valence-corrected chi connectivity index (χ1v) is 14.6. The van der Waals surface area contributed by atoms with Gasteiger partial charge in [0.25, 0.3) is 0 Å². The highest BCUT2D eigenvalue weighted by molar-refractivity contribution is 6.74. The highest BCUT2D eigenvalue weighted by atomic mass is 28.4. The minimum absolute atomic E-state index is 0.0113. The van der Waals surface area contributed by atoms with Crippen LogP contribution in [0.2, 0.25) is 18.1 Å². The van der Waals surface area contributed by atoms with E-state index in [1.54, 1.807) is 6.20 Å². The van der Waals surface area contributed by atoms with E-state index in [1.807, 2.05) is 45.0 Å². The molecule has 0 aliphatic heterocycles. The molecule has 8 heteroatoms. The summed E-state index contributed by atoms with van der Waals surface area (Å²) in [6.07, 6.45) is 2.26. The van der Waals surface area contributed by atoms with Gasteiger partial charge < -0.3 is 25.5 Å². The lowest BCUT2D eigenvalue weighted by molar-refractivity contribution is 0.0984. The molecule has 33 heavy (non-hydrogen) atoms. The molecule has 184 valence electrons. The van der Waals surface area contributed by atoms with Crippen LogP contribution in [0.4, 0.5) is 16.2 Å².